The number of ether oxygens (including phenoxy) is 2. The molecule has 0 bridgehead atoms. The van der Waals surface area contributed by atoms with Crippen LogP contribution in [0.3, 0.4) is 0 Å². The van der Waals surface area contributed by atoms with E-state index in [9.17, 15) is 19.2 Å². The molecule has 4 heterocycles. The van der Waals surface area contributed by atoms with Crippen LogP contribution >= 0.6 is 11.8 Å². The molecule has 10 nitrogen and oxygen atoms in total. The molecule has 2 fully saturated rings. The van der Waals surface area contributed by atoms with Crippen molar-refractivity contribution in [3.63, 3.8) is 0 Å². The third kappa shape index (κ3) is 9.20. The number of halogens is 1. The van der Waals surface area contributed by atoms with E-state index in [4.69, 9.17) is 9.47 Å². The van der Waals surface area contributed by atoms with E-state index in [2.05, 4.69) is 22.0 Å². The largest absolute Gasteiger partial charge is 1.00 e. The summed E-state index contributed by atoms with van der Waals surface area (Å²) in [4.78, 5) is 57.8. The first kappa shape index (κ1) is 39.5. The Kier molecular flexibility index (Phi) is 12.3. The number of alkyl carbamates (subject to hydrolysis) is 1. The third-order valence-corrected chi connectivity index (χ3v) is 10.7. The summed E-state index contributed by atoms with van der Waals surface area (Å²) in [7, 11) is 0. The van der Waals surface area contributed by atoms with E-state index in [0.717, 1.165) is 23.2 Å². The molecule has 1 aromatic heterocycles. The number of rotatable bonds is 10. The Morgan fingerprint density at radius 2 is 1.49 bits per heavy atom. The van der Waals surface area contributed by atoms with Crippen molar-refractivity contribution in [3.05, 3.63) is 161 Å². The van der Waals surface area contributed by atoms with Crippen LogP contribution in [-0.2, 0) is 36.9 Å². The standard InChI is InChI=1S/C43H42N4O6S.BrH/c1-43(2,3)53-42(51)44-35-39(49)47-36(41(50)52-37(31-15-9-5-10-16-31)32-17-11-6-12-18-32)34(28-54-40(35)47)25-33-21-24-46(38(33)48)27-30-19-22-45(23-20-30)26-29-13-7-4-8-14-29;/h4-20,22-23,25,35,37,40H,21,24,26-28H2,1-3H3;1H/b33-25+;/t35-,40-;/m1./s1. The zero-order valence-corrected chi connectivity index (χ0v) is 33.3. The van der Waals surface area contributed by atoms with Gasteiger partial charge in [-0.2, -0.15) is 0 Å². The number of carbonyl (C=O) groups is 4. The first-order chi connectivity index (χ1) is 26.0. The number of likely N-dealkylation sites (tertiary alicyclic amines) is 1. The maximum atomic E-state index is 14.4. The highest BCUT2D eigenvalue weighted by Crippen LogP contribution is 2.42. The molecule has 1 N–H and O–H groups in total. The van der Waals surface area contributed by atoms with Crippen LogP contribution in [0.1, 0.15) is 55.5 Å². The van der Waals surface area contributed by atoms with Crippen molar-refractivity contribution in [2.45, 2.75) is 63.4 Å². The maximum Gasteiger partial charge on any atom is 0.408 e. The molecule has 0 spiro atoms. The quantitative estimate of drug-likeness (QED) is 0.114. The van der Waals surface area contributed by atoms with Crippen molar-refractivity contribution in [1.29, 1.82) is 0 Å². The minimum atomic E-state index is -0.887. The highest BCUT2D eigenvalue weighted by atomic mass is 79.9. The lowest BCUT2D eigenvalue weighted by Crippen LogP contribution is -3.00. The van der Waals surface area contributed by atoms with Gasteiger partial charge in [0.2, 0.25) is 5.91 Å². The van der Waals surface area contributed by atoms with E-state index >= 15 is 0 Å². The predicted octanol–water partition coefficient (Wildman–Crippen LogP) is 3.08. The Bertz CT molecular complexity index is 2050. The van der Waals surface area contributed by atoms with Crippen LogP contribution in [0, 0.1) is 0 Å². The van der Waals surface area contributed by atoms with E-state index in [0.29, 0.717) is 36.4 Å². The number of allylic oxidation sites excluding steroid dienone is 1. The van der Waals surface area contributed by atoms with Crippen LogP contribution in [0.15, 0.2) is 138 Å². The summed E-state index contributed by atoms with van der Waals surface area (Å²) in [6.45, 7) is 6.97. The van der Waals surface area contributed by atoms with Crippen LogP contribution in [0.25, 0.3) is 0 Å². The molecule has 7 rings (SSSR count). The lowest BCUT2D eigenvalue weighted by molar-refractivity contribution is -0.688. The summed E-state index contributed by atoms with van der Waals surface area (Å²) in [5.41, 5.74) is 4.17. The molecule has 2 saturated heterocycles. The second-order valence-electron chi connectivity index (χ2n) is 14.5. The fourth-order valence-electron chi connectivity index (χ4n) is 6.80. The summed E-state index contributed by atoms with van der Waals surface area (Å²) in [6.07, 6.45) is 4.82. The van der Waals surface area contributed by atoms with E-state index in [1.165, 1.54) is 22.2 Å². The topological polar surface area (TPSA) is 109 Å². The van der Waals surface area contributed by atoms with Gasteiger partial charge in [0.25, 0.3) is 5.91 Å². The summed E-state index contributed by atoms with van der Waals surface area (Å²) in [5, 5.41) is 2.13. The second-order valence-corrected chi connectivity index (χ2v) is 15.6. The molecule has 4 aromatic rings. The summed E-state index contributed by atoms with van der Waals surface area (Å²) < 4.78 is 13.8. The zero-order valence-electron chi connectivity index (χ0n) is 30.9. The zero-order chi connectivity index (χ0) is 37.8. The van der Waals surface area contributed by atoms with E-state index < -0.39 is 41.1 Å². The lowest BCUT2D eigenvalue weighted by Gasteiger charge is -2.49. The van der Waals surface area contributed by atoms with Crippen molar-refractivity contribution >= 4 is 35.6 Å². The second kappa shape index (κ2) is 17.1. The van der Waals surface area contributed by atoms with Crippen LogP contribution < -0.4 is 26.9 Å². The molecule has 284 valence electrons. The Hall–Kier alpha value is -5.20. The molecule has 0 unspecified atom stereocenters. The van der Waals surface area contributed by atoms with Crippen molar-refractivity contribution in [1.82, 2.24) is 15.1 Å². The van der Waals surface area contributed by atoms with E-state index in [-0.39, 0.29) is 28.6 Å². The van der Waals surface area contributed by atoms with Gasteiger partial charge in [-0.15, -0.1) is 11.8 Å². The Morgan fingerprint density at radius 3 is 2.09 bits per heavy atom. The molecule has 55 heavy (non-hydrogen) atoms. The molecule has 3 aromatic carbocycles. The first-order valence-electron chi connectivity index (χ1n) is 18.0. The van der Waals surface area contributed by atoms with Gasteiger partial charge < -0.3 is 36.7 Å². The number of esters is 1. The summed E-state index contributed by atoms with van der Waals surface area (Å²) in [6, 6.07) is 32.2. The Labute approximate surface area is 336 Å². The average molecular weight is 824 g/mol. The SMILES string of the molecule is CC(C)(C)OC(=O)N[C@@H]1C(=O)N2C(C(=O)OC(c3ccccc3)c3ccccc3)=C(/C=C3\CCN(Cc4cc[n+](Cc5ccccc5)cc4)C3=O)CS[C@H]12.[Br-]. The fourth-order valence-corrected chi connectivity index (χ4v) is 8.11. The lowest BCUT2D eigenvalue weighted by atomic mass is 10.00. The molecule has 0 radical (unpaired) electrons. The number of carbonyl (C=O) groups excluding carboxylic acids is 4. The third-order valence-electron chi connectivity index (χ3n) is 9.40. The fraction of sp³-hybridized carbons (Fsp3) is 0.279. The van der Waals surface area contributed by atoms with Crippen molar-refractivity contribution in [2.75, 3.05) is 12.3 Å². The minimum absolute atomic E-state index is 0. The van der Waals surface area contributed by atoms with Crippen LogP contribution in [0.4, 0.5) is 4.79 Å². The minimum Gasteiger partial charge on any atom is -1.00 e. The monoisotopic (exact) mass is 822 g/mol. The van der Waals surface area contributed by atoms with Crippen LogP contribution in [0.2, 0.25) is 0 Å². The molecule has 3 aliphatic rings. The highest BCUT2D eigenvalue weighted by Gasteiger charge is 2.55. The molecular formula is C43H43BrN4O6S. The van der Waals surface area contributed by atoms with E-state index in [1.807, 2.05) is 103 Å². The molecule has 3 aliphatic heterocycles. The van der Waals surface area contributed by atoms with Crippen molar-refractivity contribution in [3.8, 4) is 0 Å². The number of nitrogens with zero attached hydrogens (tertiary/aromatic N) is 3. The maximum absolute atomic E-state index is 14.4. The summed E-state index contributed by atoms with van der Waals surface area (Å²) >= 11 is 1.41. The number of fused-ring (bicyclic) bond motifs is 1. The van der Waals surface area contributed by atoms with Crippen LogP contribution in [0.5, 0.6) is 0 Å². The summed E-state index contributed by atoms with van der Waals surface area (Å²) in [5.74, 6) is -0.938. The highest BCUT2D eigenvalue weighted by molar-refractivity contribution is 8.00. The van der Waals surface area contributed by atoms with Gasteiger partial charge in [-0.05, 0) is 55.5 Å². The normalized spacial score (nSPS) is 18.8. The molecule has 0 aliphatic carbocycles. The average Bonchev–Trinajstić information content (AvgIpc) is 3.51. The van der Waals surface area contributed by atoms with Gasteiger partial charge >= 0.3 is 12.1 Å². The van der Waals surface area contributed by atoms with Gasteiger partial charge in [-0.3, -0.25) is 14.5 Å². The van der Waals surface area contributed by atoms with E-state index in [1.54, 1.807) is 31.7 Å². The van der Waals surface area contributed by atoms with Gasteiger partial charge in [0, 0.05) is 42.1 Å². The number of aromatic nitrogens is 1. The number of nitrogens with one attached hydrogen (secondary N) is 1. The predicted molar refractivity (Wildman–Crippen MR) is 204 cm³/mol. The number of hydrogen-bond acceptors (Lipinski definition) is 7. The molecule has 0 saturated carbocycles. The van der Waals surface area contributed by atoms with Gasteiger partial charge in [-0.1, -0.05) is 91.0 Å². The molecule has 3 amide bonds. The smallest absolute Gasteiger partial charge is 0.408 e. The van der Waals surface area contributed by atoms with Gasteiger partial charge in [0.15, 0.2) is 25.0 Å². The number of benzene rings is 3. The van der Waals surface area contributed by atoms with Gasteiger partial charge in [0.05, 0.1) is 0 Å². The van der Waals surface area contributed by atoms with Gasteiger partial charge in [-0.25, -0.2) is 14.2 Å². The molecular weight excluding hydrogens is 780 g/mol. The molecule has 12 heteroatoms. The number of pyridine rings is 1. The number of β-lactam (4-membered cyclic amide) rings is 1. The first-order valence-corrected chi connectivity index (χ1v) is 19.1. The Balaban J connectivity index is 0.00000514. The van der Waals surface area contributed by atoms with Crippen molar-refractivity contribution < 1.29 is 50.2 Å². The van der Waals surface area contributed by atoms with Gasteiger partial charge in [0.1, 0.15) is 22.7 Å². The number of hydrogen-bond donors (Lipinski definition) is 1. The molecule has 2 atom stereocenters. The number of thioether (sulfide) groups is 1. The number of amides is 3. The Morgan fingerprint density at radius 1 is 0.891 bits per heavy atom. The van der Waals surface area contributed by atoms with Crippen molar-refractivity contribution in [2.24, 2.45) is 0 Å². The van der Waals surface area contributed by atoms with Crippen LogP contribution in [-0.4, -0.2) is 63.0 Å².